The van der Waals surface area contributed by atoms with Crippen LogP contribution < -0.4 is 11.1 Å². The summed E-state index contributed by atoms with van der Waals surface area (Å²) in [5, 5.41) is 3.46. The fourth-order valence-corrected chi connectivity index (χ4v) is 1.43. The van der Waals surface area contributed by atoms with Crippen molar-refractivity contribution in [1.82, 2.24) is 9.97 Å². The minimum Gasteiger partial charge on any atom is -0.368 e. The van der Waals surface area contributed by atoms with E-state index in [0.717, 1.165) is 12.5 Å². The summed E-state index contributed by atoms with van der Waals surface area (Å²) in [7, 11) is 0. The van der Waals surface area contributed by atoms with Crippen LogP contribution in [-0.4, -0.2) is 16.5 Å². The molecule has 0 bridgehead atoms. The van der Waals surface area contributed by atoms with Gasteiger partial charge in [-0.15, -0.1) is 0 Å². The highest BCUT2D eigenvalue weighted by atomic mass is 35.5. The van der Waals surface area contributed by atoms with Crippen molar-refractivity contribution in [2.75, 3.05) is 17.6 Å². The summed E-state index contributed by atoms with van der Waals surface area (Å²) in [5.74, 6) is 1.65. The van der Waals surface area contributed by atoms with E-state index in [1.807, 2.05) is 0 Å². The van der Waals surface area contributed by atoms with Crippen LogP contribution in [-0.2, 0) is 0 Å². The lowest BCUT2D eigenvalue weighted by Gasteiger charge is -2.02. The van der Waals surface area contributed by atoms with E-state index in [1.165, 1.54) is 12.8 Å². The topological polar surface area (TPSA) is 63.8 Å². The van der Waals surface area contributed by atoms with Crippen LogP contribution in [0.15, 0.2) is 18.2 Å². The third-order valence-electron chi connectivity index (χ3n) is 2.14. The largest absolute Gasteiger partial charge is 0.368 e. The minimum atomic E-state index is 0.191. The first-order chi connectivity index (χ1) is 7.24. The number of halogens is 1. The molecule has 15 heavy (non-hydrogen) atoms. The summed E-state index contributed by atoms with van der Waals surface area (Å²) in [6.07, 6.45) is 6.97. The Morgan fingerprint density at radius 3 is 3.00 bits per heavy atom. The average molecular weight is 225 g/mol. The molecule has 0 unspecified atom stereocenters. The van der Waals surface area contributed by atoms with E-state index < -0.39 is 0 Å². The van der Waals surface area contributed by atoms with Crippen molar-refractivity contribution in [2.45, 2.75) is 12.8 Å². The van der Waals surface area contributed by atoms with Gasteiger partial charge in [0.05, 0.1) is 0 Å². The molecule has 1 aromatic rings. The summed E-state index contributed by atoms with van der Waals surface area (Å²) in [6, 6.07) is 1.66. The van der Waals surface area contributed by atoms with Crippen molar-refractivity contribution < 1.29 is 0 Å². The third kappa shape index (κ3) is 3.40. The zero-order valence-corrected chi connectivity index (χ0v) is 9.04. The van der Waals surface area contributed by atoms with Crippen LogP contribution in [0, 0.1) is 5.92 Å². The molecule has 0 aromatic carbocycles. The molecule has 4 nitrogen and oxygen atoms in total. The molecule has 3 N–H and O–H groups in total. The lowest BCUT2D eigenvalue weighted by Crippen LogP contribution is -2.04. The normalized spacial score (nSPS) is 15.8. The second-order valence-corrected chi connectivity index (χ2v) is 3.97. The van der Waals surface area contributed by atoms with Crippen molar-refractivity contribution in [2.24, 2.45) is 5.92 Å². The average Bonchev–Trinajstić information content (AvgIpc) is 2.94. The van der Waals surface area contributed by atoms with E-state index in [0.29, 0.717) is 11.0 Å². The van der Waals surface area contributed by atoms with Crippen molar-refractivity contribution >= 4 is 23.4 Å². The molecule has 0 saturated heterocycles. The second kappa shape index (κ2) is 4.49. The number of anilines is 2. The van der Waals surface area contributed by atoms with Crippen LogP contribution >= 0.6 is 11.6 Å². The van der Waals surface area contributed by atoms with Gasteiger partial charge < -0.3 is 11.1 Å². The van der Waals surface area contributed by atoms with Gasteiger partial charge in [-0.25, -0.2) is 4.98 Å². The Bertz CT molecular complexity index is 353. The molecule has 1 fully saturated rings. The van der Waals surface area contributed by atoms with Crippen LogP contribution in [0.1, 0.15) is 12.8 Å². The van der Waals surface area contributed by atoms with Crippen LogP contribution in [0.4, 0.5) is 11.8 Å². The number of nitrogens with one attached hydrogen (secondary N) is 1. The van der Waals surface area contributed by atoms with Crippen LogP contribution in [0.25, 0.3) is 0 Å². The van der Waals surface area contributed by atoms with Gasteiger partial charge in [0, 0.05) is 12.6 Å². The van der Waals surface area contributed by atoms with Crippen LogP contribution in [0.5, 0.6) is 0 Å². The van der Waals surface area contributed by atoms with Crippen LogP contribution in [0.2, 0.25) is 5.15 Å². The van der Waals surface area contributed by atoms with Gasteiger partial charge in [-0.05, 0) is 18.8 Å². The smallest absolute Gasteiger partial charge is 0.223 e. The predicted octanol–water partition coefficient (Wildman–Crippen LogP) is 2.09. The van der Waals surface area contributed by atoms with Crippen molar-refractivity contribution in [3.63, 3.8) is 0 Å². The van der Waals surface area contributed by atoms with Gasteiger partial charge in [0.2, 0.25) is 5.95 Å². The molecule has 0 amide bonds. The fraction of sp³-hybridized carbons (Fsp3) is 0.400. The molecule has 5 heteroatoms. The first-order valence-corrected chi connectivity index (χ1v) is 5.32. The molecule has 1 heterocycles. The maximum Gasteiger partial charge on any atom is 0.223 e. The Hall–Kier alpha value is -1.29. The molecule has 0 atom stereocenters. The summed E-state index contributed by atoms with van der Waals surface area (Å²) in [5.41, 5.74) is 5.46. The molecule has 80 valence electrons. The monoisotopic (exact) mass is 224 g/mol. The van der Waals surface area contributed by atoms with E-state index in [4.69, 9.17) is 17.3 Å². The number of aromatic nitrogens is 2. The molecular formula is C10H13ClN4. The van der Waals surface area contributed by atoms with Gasteiger partial charge in [-0.1, -0.05) is 23.8 Å². The van der Waals surface area contributed by atoms with Gasteiger partial charge in [0.1, 0.15) is 11.0 Å². The molecular weight excluding hydrogens is 212 g/mol. The first kappa shape index (κ1) is 10.2. The summed E-state index contributed by atoms with van der Waals surface area (Å²) in [4.78, 5) is 7.78. The van der Waals surface area contributed by atoms with Crippen molar-refractivity contribution in [3.05, 3.63) is 23.4 Å². The Morgan fingerprint density at radius 1 is 1.53 bits per heavy atom. The lowest BCUT2D eigenvalue weighted by atomic mass is 10.3. The number of hydrogen-bond donors (Lipinski definition) is 2. The highest BCUT2D eigenvalue weighted by Crippen LogP contribution is 2.29. The van der Waals surface area contributed by atoms with Crippen LogP contribution in [0.3, 0.4) is 0 Å². The Kier molecular flexibility index (Phi) is 3.06. The number of hydrogen-bond acceptors (Lipinski definition) is 4. The molecule has 1 aliphatic carbocycles. The van der Waals surface area contributed by atoms with E-state index in [1.54, 1.807) is 6.07 Å². The van der Waals surface area contributed by atoms with Gasteiger partial charge in [0.25, 0.3) is 0 Å². The number of nitrogen functional groups attached to an aromatic ring is 1. The number of allylic oxidation sites excluding steroid dienone is 1. The van der Waals surface area contributed by atoms with E-state index in [9.17, 15) is 0 Å². The lowest BCUT2D eigenvalue weighted by molar-refractivity contribution is 1.10. The highest BCUT2D eigenvalue weighted by Gasteiger charge is 2.16. The molecule has 2 rings (SSSR count). The fourth-order valence-electron chi connectivity index (χ4n) is 1.24. The van der Waals surface area contributed by atoms with Crippen molar-refractivity contribution in [3.8, 4) is 0 Å². The van der Waals surface area contributed by atoms with Crippen molar-refractivity contribution in [1.29, 1.82) is 0 Å². The predicted molar refractivity (Wildman–Crippen MR) is 61.8 cm³/mol. The van der Waals surface area contributed by atoms with E-state index >= 15 is 0 Å². The molecule has 0 radical (unpaired) electrons. The van der Waals surface area contributed by atoms with E-state index in [-0.39, 0.29) is 5.95 Å². The molecule has 1 aromatic heterocycles. The molecule has 0 aliphatic heterocycles. The quantitative estimate of drug-likeness (QED) is 0.607. The highest BCUT2D eigenvalue weighted by molar-refractivity contribution is 6.29. The first-order valence-electron chi connectivity index (χ1n) is 4.94. The number of rotatable bonds is 4. The van der Waals surface area contributed by atoms with Gasteiger partial charge in [-0.3, -0.25) is 0 Å². The van der Waals surface area contributed by atoms with Gasteiger partial charge in [0.15, 0.2) is 0 Å². The summed E-state index contributed by atoms with van der Waals surface area (Å²) in [6.45, 7) is 0.739. The Labute approximate surface area is 93.6 Å². The third-order valence-corrected chi connectivity index (χ3v) is 2.34. The Morgan fingerprint density at radius 2 is 2.33 bits per heavy atom. The number of nitrogens with zero attached hydrogens (tertiary/aromatic N) is 2. The summed E-state index contributed by atoms with van der Waals surface area (Å²) >= 11 is 5.73. The number of nitrogens with two attached hydrogens (primary N) is 1. The minimum absolute atomic E-state index is 0.191. The van der Waals surface area contributed by atoms with Gasteiger partial charge in [-0.2, -0.15) is 4.98 Å². The van der Waals surface area contributed by atoms with Gasteiger partial charge >= 0.3 is 0 Å². The zero-order valence-electron chi connectivity index (χ0n) is 8.28. The SMILES string of the molecule is Nc1nc(Cl)cc(NC/C=C/C2CC2)n1. The molecule has 1 aliphatic rings. The maximum atomic E-state index is 5.73. The second-order valence-electron chi connectivity index (χ2n) is 3.58. The molecule has 1 saturated carbocycles. The standard InChI is InChI=1S/C10H13ClN4/c11-8-6-9(15-10(12)14-8)13-5-1-2-7-3-4-7/h1-2,6-7H,3-5H2,(H3,12,13,14,15)/b2-1+. The van der Waals surface area contributed by atoms with E-state index in [2.05, 4.69) is 27.4 Å². The maximum absolute atomic E-state index is 5.73. The zero-order chi connectivity index (χ0) is 10.7. The summed E-state index contributed by atoms with van der Waals surface area (Å²) < 4.78 is 0. The Balaban J connectivity index is 1.86. The molecule has 0 spiro atoms.